The summed E-state index contributed by atoms with van der Waals surface area (Å²) in [6.45, 7) is 2.43. The van der Waals surface area contributed by atoms with Crippen molar-refractivity contribution in [1.82, 2.24) is 19.9 Å². The van der Waals surface area contributed by atoms with Crippen molar-refractivity contribution >= 4 is 5.91 Å². The van der Waals surface area contributed by atoms with Gasteiger partial charge in [0.15, 0.2) is 0 Å². The lowest BCUT2D eigenvalue weighted by atomic mass is 10.1. The quantitative estimate of drug-likeness (QED) is 0.787. The first kappa shape index (κ1) is 15.0. The average molecular weight is 306 g/mol. The van der Waals surface area contributed by atoms with Gasteiger partial charge in [0.2, 0.25) is 5.91 Å². The topological polar surface area (TPSA) is 59.8 Å². The summed E-state index contributed by atoms with van der Waals surface area (Å²) in [5.74, 6) is -0.0105. The molecular formula is C18H18N4O. The van der Waals surface area contributed by atoms with Crippen molar-refractivity contribution in [3.8, 4) is 5.69 Å². The van der Waals surface area contributed by atoms with Crippen molar-refractivity contribution in [2.45, 2.75) is 19.9 Å². The minimum Gasteiger partial charge on any atom is -0.352 e. The van der Waals surface area contributed by atoms with Gasteiger partial charge in [-0.25, -0.2) is 4.98 Å². The fourth-order valence-electron chi connectivity index (χ4n) is 2.29. The molecule has 0 saturated heterocycles. The highest BCUT2D eigenvalue weighted by Crippen LogP contribution is 2.10. The van der Waals surface area contributed by atoms with E-state index in [1.807, 2.05) is 54.1 Å². The van der Waals surface area contributed by atoms with Gasteiger partial charge in [0, 0.05) is 36.5 Å². The minimum absolute atomic E-state index is 0.0105. The predicted octanol–water partition coefficient (Wildman–Crippen LogP) is 2.43. The summed E-state index contributed by atoms with van der Waals surface area (Å²) in [5, 5.41) is 2.94. The average Bonchev–Trinajstić information content (AvgIpc) is 3.10. The van der Waals surface area contributed by atoms with E-state index >= 15 is 0 Å². The lowest BCUT2D eigenvalue weighted by Gasteiger charge is -2.08. The molecule has 116 valence electrons. The smallest absolute Gasteiger partial charge is 0.224 e. The van der Waals surface area contributed by atoms with Crippen LogP contribution >= 0.6 is 0 Å². The van der Waals surface area contributed by atoms with Gasteiger partial charge in [-0.1, -0.05) is 18.2 Å². The fraction of sp³-hybridized carbons (Fsp3) is 0.167. The lowest BCUT2D eigenvalue weighted by Crippen LogP contribution is -2.24. The van der Waals surface area contributed by atoms with E-state index in [1.165, 1.54) is 0 Å². The number of nitrogens with one attached hydrogen (secondary N) is 1. The van der Waals surface area contributed by atoms with Gasteiger partial charge in [0.25, 0.3) is 0 Å². The highest BCUT2D eigenvalue weighted by Gasteiger charge is 2.04. The molecule has 5 nitrogen and oxygen atoms in total. The van der Waals surface area contributed by atoms with Crippen molar-refractivity contribution in [3.63, 3.8) is 0 Å². The Balaban J connectivity index is 1.58. The summed E-state index contributed by atoms with van der Waals surface area (Å²) < 4.78 is 1.93. The molecule has 1 N–H and O–H groups in total. The second-order valence-electron chi connectivity index (χ2n) is 5.40. The normalized spacial score (nSPS) is 10.5. The second kappa shape index (κ2) is 6.87. The Morgan fingerprint density at radius 2 is 2.13 bits per heavy atom. The number of nitrogens with zero attached hydrogens (tertiary/aromatic N) is 3. The maximum Gasteiger partial charge on any atom is 0.224 e. The molecule has 0 aliphatic rings. The van der Waals surface area contributed by atoms with Crippen LogP contribution in [-0.4, -0.2) is 20.4 Å². The summed E-state index contributed by atoms with van der Waals surface area (Å²) in [6, 6.07) is 11.9. The van der Waals surface area contributed by atoms with Crippen molar-refractivity contribution in [2.24, 2.45) is 0 Å². The van der Waals surface area contributed by atoms with E-state index in [1.54, 1.807) is 18.7 Å². The van der Waals surface area contributed by atoms with Gasteiger partial charge in [-0.15, -0.1) is 0 Å². The molecule has 1 amide bonds. The van der Waals surface area contributed by atoms with E-state index in [2.05, 4.69) is 15.3 Å². The van der Waals surface area contributed by atoms with Crippen LogP contribution in [0.3, 0.4) is 0 Å². The highest BCUT2D eigenvalue weighted by molar-refractivity contribution is 5.78. The van der Waals surface area contributed by atoms with E-state index in [4.69, 9.17) is 0 Å². The SMILES string of the molecule is Cc1ccc(CC(=O)NCc2cccc(-n3ccnc3)c2)cn1. The first-order valence-electron chi connectivity index (χ1n) is 7.46. The van der Waals surface area contributed by atoms with Crippen molar-refractivity contribution in [2.75, 3.05) is 0 Å². The van der Waals surface area contributed by atoms with Crippen LogP contribution < -0.4 is 5.32 Å². The number of aryl methyl sites for hydroxylation is 1. The Bertz CT molecular complexity index is 779. The number of hydrogen-bond acceptors (Lipinski definition) is 3. The molecule has 0 radical (unpaired) electrons. The van der Waals surface area contributed by atoms with Gasteiger partial charge in [-0.3, -0.25) is 9.78 Å². The maximum atomic E-state index is 12.0. The fourth-order valence-corrected chi connectivity index (χ4v) is 2.29. The van der Waals surface area contributed by atoms with Crippen LogP contribution in [0, 0.1) is 6.92 Å². The highest BCUT2D eigenvalue weighted by atomic mass is 16.1. The van der Waals surface area contributed by atoms with Crippen LogP contribution in [0.25, 0.3) is 5.69 Å². The van der Waals surface area contributed by atoms with Crippen LogP contribution in [0.4, 0.5) is 0 Å². The van der Waals surface area contributed by atoms with Crippen LogP contribution in [0.15, 0.2) is 61.3 Å². The number of hydrogen-bond donors (Lipinski definition) is 1. The number of rotatable bonds is 5. The van der Waals surface area contributed by atoms with Gasteiger partial charge in [-0.2, -0.15) is 0 Å². The van der Waals surface area contributed by atoms with E-state index in [-0.39, 0.29) is 5.91 Å². The predicted molar refractivity (Wildman–Crippen MR) is 88.1 cm³/mol. The molecule has 0 spiro atoms. The molecular weight excluding hydrogens is 288 g/mol. The zero-order valence-electron chi connectivity index (χ0n) is 12.9. The molecule has 2 heterocycles. The summed E-state index contributed by atoms with van der Waals surface area (Å²) in [7, 11) is 0. The first-order chi connectivity index (χ1) is 11.2. The molecule has 0 unspecified atom stereocenters. The largest absolute Gasteiger partial charge is 0.352 e. The molecule has 23 heavy (non-hydrogen) atoms. The van der Waals surface area contributed by atoms with Crippen LogP contribution in [-0.2, 0) is 17.8 Å². The van der Waals surface area contributed by atoms with Crippen molar-refractivity contribution in [3.05, 3.63) is 78.1 Å². The molecule has 0 fully saturated rings. The number of pyridine rings is 1. The Labute approximate surface area is 135 Å². The minimum atomic E-state index is -0.0105. The lowest BCUT2D eigenvalue weighted by molar-refractivity contribution is -0.120. The van der Waals surface area contributed by atoms with Crippen LogP contribution in [0.2, 0.25) is 0 Å². The third-order valence-corrected chi connectivity index (χ3v) is 3.54. The van der Waals surface area contributed by atoms with E-state index in [9.17, 15) is 4.79 Å². The number of benzene rings is 1. The maximum absolute atomic E-state index is 12.0. The molecule has 0 aliphatic carbocycles. The van der Waals surface area contributed by atoms with Gasteiger partial charge in [-0.05, 0) is 36.2 Å². The number of aromatic nitrogens is 3. The van der Waals surface area contributed by atoms with Gasteiger partial charge in [0.1, 0.15) is 0 Å². The van der Waals surface area contributed by atoms with Crippen molar-refractivity contribution in [1.29, 1.82) is 0 Å². The van der Waals surface area contributed by atoms with E-state index < -0.39 is 0 Å². The van der Waals surface area contributed by atoms with E-state index in [0.29, 0.717) is 13.0 Å². The molecule has 1 aromatic carbocycles. The van der Waals surface area contributed by atoms with Crippen molar-refractivity contribution < 1.29 is 4.79 Å². The summed E-state index contributed by atoms with van der Waals surface area (Å²) in [4.78, 5) is 20.3. The molecule has 2 aromatic heterocycles. The zero-order valence-corrected chi connectivity index (χ0v) is 12.9. The Morgan fingerprint density at radius 1 is 1.22 bits per heavy atom. The third kappa shape index (κ3) is 4.03. The number of carbonyl (C=O) groups is 1. The number of amides is 1. The Kier molecular flexibility index (Phi) is 4.47. The first-order valence-corrected chi connectivity index (χ1v) is 7.46. The second-order valence-corrected chi connectivity index (χ2v) is 5.40. The molecule has 0 aliphatic heterocycles. The monoisotopic (exact) mass is 306 g/mol. The zero-order chi connectivity index (χ0) is 16.1. The summed E-state index contributed by atoms with van der Waals surface area (Å²) in [6.07, 6.45) is 7.47. The van der Waals surface area contributed by atoms with Crippen LogP contribution in [0.5, 0.6) is 0 Å². The standard InChI is InChI=1S/C18H18N4O/c1-14-5-6-16(11-20-14)10-18(23)21-12-15-3-2-4-17(9-15)22-8-7-19-13-22/h2-9,11,13H,10,12H2,1H3,(H,21,23). The van der Waals surface area contributed by atoms with Crippen LogP contribution in [0.1, 0.15) is 16.8 Å². The van der Waals surface area contributed by atoms with Gasteiger partial charge < -0.3 is 9.88 Å². The summed E-state index contributed by atoms with van der Waals surface area (Å²) >= 11 is 0. The number of carbonyl (C=O) groups excluding carboxylic acids is 1. The summed E-state index contributed by atoms with van der Waals surface area (Å²) in [5.41, 5.74) is 3.94. The third-order valence-electron chi connectivity index (χ3n) is 3.54. The Morgan fingerprint density at radius 3 is 2.87 bits per heavy atom. The molecule has 0 bridgehead atoms. The Hall–Kier alpha value is -2.95. The molecule has 0 saturated carbocycles. The molecule has 5 heteroatoms. The van der Waals surface area contributed by atoms with Gasteiger partial charge in [0.05, 0.1) is 12.7 Å². The molecule has 3 aromatic rings. The number of imidazole rings is 1. The molecule has 3 rings (SSSR count). The van der Waals surface area contributed by atoms with E-state index in [0.717, 1.165) is 22.5 Å². The van der Waals surface area contributed by atoms with Gasteiger partial charge >= 0.3 is 0 Å². The molecule has 0 atom stereocenters.